The van der Waals surface area contributed by atoms with Gasteiger partial charge < -0.3 is 26.5 Å². The Morgan fingerprint density at radius 2 is 1.87 bits per heavy atom. The zero-order chi connectivity index (χ0) is 22.0. The van der Waals surface area contributed by atoms with Crippen molar-refractivity contribution in [3.8, 4) is 0 Å². The smallest absolute Gasteiger partial charge is 0.326 e. The molecule has 10 nitrogen and oxygen atoms in total. The number of carboxylic acids is 1. The average Bonchev–Trinajstić information content (AvgIpc) is 3.06. The van der Waals surface area contributed by atoms with Gasteiger partial charge in [-0.15, -0.1) is 0 Å². The first-order chi connectivity index (χ1) is 14.2. The number of aromatic nitrogens is 2. The zero-order valence-corrected chi connectivity index (χ0v) is 16.4. The largest absolute Gasteiger partial charge is 0.480 e. The quantitative estimate of drug-likeness (QED) is 0.381. The van der Waals surface area contributed by atoms with Crippen molar-refractivity contribution >= 4 is 45.5 Å². The first kappa shape index (κ1) is 20.8. The van der Waals surface area contributed by atoms with Crippen LogP contribution >= 0.6 is 0 Å². The van der Waals surface area contributed by atoms with Crippen LogP contribution in [0.1, 0.15) is 29.5 Å². The fourth-order valence-electron chi connectivity index (χ4n) is 3.15. The normalized spacial score (nSPS) is 13.0. The van der Waals surface area contributed by atoms with E-state index in [1.165, 1.54) is 6.92 Å². The summed E-state index contributed by atoms with van der Waals surface area (Å²) in [6.07, 6.45) is -0.556. The SMILES string of the molecule is Cc1nc(C(=O)NC(C)C(=O)NC(CC(N)=O)C(=O)O)cc2c1[nH]c1ccccc12. The molecule has 156 valence electrons. The van der Waals surface area contributed by atoms with Crippen LogP contribution in [0.15, 0.2) is 30.3 Å². The number of nitrogens with two attached hydrogens (primary N) is 1. The minimum absolute atomic E-state index is 0.122. The van der Waals surface area contributed by atoms with E-state index in [2.05, 4.69) is 20.6 Å². The summed E-state index contributed by atoms with van der Waals surface area (Å²) in [6, 6.07) is 6.74. The number of fused-ring (bicyclic) bond motifs is 3. The number of aryl methyl sites for hydroxylation is 1. The van der Waals surface area contributed by atoms with Crippen molar-refractivity contribution in [3.05, 3.63) is 41.7 Å². The number of nitrogens with zero attached hydrogens (tertiary/aromatic N) is 1. The minimum Gasteiger partial charge on any atom is -0.480 e. The molecule has 0 aliphatic carbocycles. The third-order valence-electron chi connectivity index (χ3n) is 4.67. The maximum atomic E-state index is 12.7. The van der Waals surface area contributed by atoms with Gasteiger partial charge in [-0.05, 0) is 26.0 Å². The molecule has 0 bridgehead atoms. The van der Waals surface area contributed by atoms with Crippen LogP contribution in [-0.4, -0.2) is 50.8 Å². The number of hydrogen-bond acceptors (Lipinski definition) is 5. The lowest BCUT2D eigenvalue weighted by Crippen LogP contribution is -2.51. The minimum atomic E-state index is -1.47. The zero-order valence-electron chi connectivity index (χ0n) is 16.4. The standard InChI is InChI=1S/C20H21N5O5/c1-9-17-12(11-5-3-4-6-13(11)24-17)7-14(22-9)19(28)23-10(2)18(27)25-15(20(29)30)8-16(21)26/h3-7,10,15,24H,8H2,1-2H3,(H2,21,26)(H,23,28)(H,25,27)(H,29,30). The number of pyridine rings is 1. The van der Waals surface area contributed by atoms with Crippen molar-refractivity contribution in [1.82, 2.24) is 20.6 Å². The lowest BCUT2D eigenvalue weighted by atomic mass is 10.1. The van der Waals surface area contributed by atoms with Gasteiger partial charge in [-0.1, -0.05) is 18.2 Å². The van der Waals surface area contributed by atoms with Gasteiger partial charge in [-0.2, -0.15) is 0 Å². The van der Waals surface area contributed by atoms with Gasteiger partial charge in [0.25, 0.3) is 5.91 Å². The maximum Gasteiger partial charge on any atom is 0.326 e. The van der Waals surface area contributed by atoms with E-state index in [1.807, 2.05) is 24.3 Å². The molecule has 30 heavy (non-hydrogen) atoms. The number of benzene rings is 1. The number of H-pyrrole nitrogens is 1. The van der Waals surface area contributed by atoms with Crippen LogP contribution in [0, 0.1) is 6.92 Å². The first-order valence-electron chi connectivity index (χ1n) is 9.17. The number of primary amides is 1. The highest BCUT2D eigenvalue weighted by atomic mass is 16.4. The number of hydrogen-bond donors (Lipinski definition) is 5. The lowest BCUT2D eigenvalue weighted by molar-refractivity contribution is -0.143. The van der Waals surface area contributed by atoms with E-state index in [4.69, 9.17) is 10.8 Å². The number of carbonyl (C=O) groups excluding carboxylic acids is 3. The number of aromatic amines is 1. The van der Waals surface area contributed by atoms with Gasteiger partial charge in [-0.3, -0.25) is 14.4 Å². The van der Waals surface area contributed by atoms with Crippen molar-refractivity contribution < 1.29 is 24.3 Å². The Morgan fingerprint density at radius 1 is 1.17 bits per heavy atom. The van der Waals surface area contributed by atoms with Crippen LogP contribution < -0.4 is 16.4 Å². The fraction of sp³-hybridized carbons (Fsp3) is 0.250. The van der Waals surface area contributed by atoms with Crippen LogP contribution in [0.4, 0.5) is 0 Å². The van der Waals surface area contributed by atoms with Crippen LogP contribution in [0.5, 0.6) is 0 Å². The van der Waals surface area contributed by atoms with E-state index in [-0.39, 0.29) is 5.69 Å². The van der Waals surface area contributed by atoms with Gasteiger partial charge in [0.1, 0.15) is 17.8 Å². The summed E-state index contributed by atoms with van der Waals surface area (Å²) in [5, 5.41) is 15.5. The lowest BCUT2D eigenvalue weighted by Gasteiger charge is -2.18. The molecule has 0 radical (unpaired) electrons. The first-order valence-corrected chi connectivity index (χ1v) is 9.17. The Kier molecular flexibility index (Phi) is 5.67. The second-order valence-corrected chi connectivity index (χ2v) is 6.95. The monoisotopic (exact) mass is 411 g/mol. The Hall–Kier alpha value is -3.95. The molecule has 0 spiro atoms. The summed E-state index contributed by atoms with van der Waals surface area (Å²) in [7, 11) is 0. The summed E-state index contributed by atoms with van der Waals surface area (Å²) >= 11 is 0. The molecular formula is C20H21N5O5. The Labute approximate surface area is 170 Å². The molecule has 3 amide bonds. The molecule has 2 heterocycles. The third kappa shape index (κ3) is 4.22. The van der Waals surface area contributed by atoms with Crippen LogP contribution in [-0.2, 0) is 14.4 Å². The van der Waals surface area contributed by atoms with Gasteiger partial charge in [0.15, 0.2) is 0 Å². The summed E-state index contributed by atoms with van der Waals surface area (Å²) < 4.78 is 0. The number of nitrogens with one attached hydrogen (secondary N) is 3. The van der Waals surface area contributed by atoms with E-state index in [9.17, 15) is 19.2 Å². The van der Waals surface area contributed by atoms with Crippen molar-refractivity contribution in [2.45, 2.75) is 32.4 Å². The van der Waals surface area contributed by atoms with Crippen molar-refractivity contribution in [1.29, 1.82) is 0 Å². The number of carboxylic acid groups (broad SMARTS) is 1. The third-order valence-corrected chi connectivity index (χ3v) is 4.67. The predicted octanol–water partition coefficient (Wildman–Crippen LogP) is 0.588. The van der Waals surface area contributed by atoms with Gasteiger partial charge in [-0.25, -0.2) is 9.78 Å². The van der Waals surface area contributed by atoms with Crippen LogP contribution in [0.3, 0.4) is 0 Å². The van der Waals surface area contributed by atoms with E-state index in [1.54, 1.807) is 13.0 Å². The van der Waals surface area contributed by atoms with Crippen molar-refractivity contribution in [2.75, 3.05) is 0 Å². The number of amides is 3. The van der Waals surface area contributed by atoms with E-state index >= 15 is 0 Å². The molecule has 0 aliphatic rings. The summed E-state index contributed by atoms with van der Waals surface area (Å²) in [6.45, 7) is 3.17. The van der Waals surface area contributed by atoms with Gasteiger partial charge in [0, 0.05) is 16.3 Å². The van der Waals surface area contributed by atoms with Gasteiger partial charge in [0.2, 0.25) is 11.8 Å². The number of rotatable bonds is 7. The molecule has 0 saturated heterocycles. The van der Waals surface area contributed by atoms with Crippen LogP contribution in [0.25, 0.3) is 21.8 Å². The topological polar surface area (TPSA) is 167 Å². The van der Waals surface area contributed by atoms with Gasteiger partial charge in [0.05, 0.1) is 17.6 Å². The highest BCUT2D eigenvalue weighted by Gasteiger charge is 2.26. The highest BCUT2D eigenvalue weighted by molar-refractivity contribution is 6.10. The van der Waals surface area contributed by atoms with Crippen LogP contribution in [0.2, 0.25) is 0 Å². The number of aliphatic carboxylic acids is 1. The molecule has 0 aliphatic heterocycles. The Morgan fingerprint density at radius 3 is 2.53 bits per heavy atom. The molecule has 2 aromatic heterocycles. The molecule has 6 N–H and O–H groups in total. The number of para-hydroxylation sites is 1. The molecule has 10 heteroatoms. The molecule has 2 unspecified atom stereocenters. The van der Waals surface area contributed by atoms with Crippen molar-refractivity contribution in [3.63, 3.8) is 0 Å². The average molecular weight is 411 g/mol. The van der Waals surface area contributed by atoms with E-state index in [0.29, 0.717) is 5.69 Å². The Balaban J connectivity index is 1.78. The molecular weight excluding hydrogens is 390 g/mol. The van der Waals surface area contributed by atoms with Crippen molar-refractivity contribution in [2.24, 2.45) is 5.73 Å². The molecule has 2 atom stereocenters. The predicted molar refractivity (Wildman–Crippen MR) is 109 cm³/mol. The second kappa shape index (κ2) is 8.19. The van der Waals surface area contributed by atoms with E-state index < -0.39 is 42.2 Å². The number of carbonyl (C=O) groups is 4. The maximum absolute atomic E-state index is 12.7. The molecule has 3 rings (SSSR count). The summed E-state index contributed by atoms with van der Waals surface area (Å²) in [4.78, 5) is 54.6. The fourth-order valence-corrected chi connectivity index (χ4v) is 3.15. The highest BCUT2D eigenvalue weighted by Crippen LogP contribution is 2.27. The summed E-state index contributed by atoms with van der Waals surface area (Å²) in [5.74, 6) is -3.62. The van der Waals surface area contributed by atoms with E-state index in [0.717, 1.165) is 21.8 Å². The molecule has 3 aromatic rings. The second-order valence-electron chi connectivity index (χ2n) is 6.95. The Bertz CT molecular complexity index is 1170. The molecule has 0 fully saturated rings. The molecule has 1 aromatic carbocycles. The summed E-state index contributed by atoms with van der Waals surface area (Å²) in [5.41, 5.74) is 7.47. The van der Waals surface area contributed by atoms with Gasteiger partial charge >= 0.3 is 5.97 Å². The molecule has 0 saturated carbocycles.